The molecule has 11 heteroatoms. The predicted octanol–water partition coefficient (Wildman–Crippen LogP) is 2.87. The molecule has 2 heterocycles. The van der Waals surface area contributed by atoms with Gasteiger partial charge in [-0.05, 0) is 18.2 Å². The number of hydrogen-bond donors (Lipinski definition) is 0. The van der Waals surface area contributed by atoms with Gasteiger partial charge in [-0.2, -0.15) is 17.5 Å². The fourth-order valence-corrected chi connectivity index (χ4v) is 3.88. The number of aromatic nitrogens is 1. The van der Waals surface area contributed by atoms with Gasteiger partial charge in [0.25, 0.3) is 0 Å². The molecule has 0 radical (unpaired) electrons. The standard InChI is InChI=1S/C14H11F5N2O3S/c15-10-2-1-8(5-11(10)16)13-9-6-21(4-3-12(9)24-20-13)25(22,23)7-14(17,18)19/h1-2,5H,3-4,6-7H2. The van der Waals surface area contributed by atoms with Crippen LogP contribution in [0.25, 0.3) is 11.3 Å². The molecule has 0 fully saturated rings. The average molecular weight is 382 g/mol. The number of benzene rings is 1. The van der Waals surface area contributed by atoms with Gasteiger partial charge in [-0.25, -0.2) is 17.2 Å². The van der Waals surface area contributed by atoms with Gasteiger partial charge in [0, 0.05) is 30.6 Å². The molecule has 1 aliphatic heterocycles. The first kappa shape index (κ1) is 17.8. The average Bonchev–Trinajstić information content (AvgIpc) is 2.91. The molecule has 1 aromatic carbocycles. The van der Waals surface area contributed by atoms with E-state index in [-0.39, 0.29) is 36.3 Å². The lowest BCUT2D eigenvalue weighted by atomic mass is 10.0. The first-order chi connectivity index (χ1) is 11.6. The smallest absolute Gasteiger partial charge is 0.360 e. The number of rotatable bonds is 3. The molecule has 0 unspecified atom stereocenters. The van der Waals surface area contributed by atoms with E-state index in [1.807, 2.05) is 0 Å². The van der Waals surface area contributed by atoms with Crippen LogP contribution in [0.4, 0.5) is 22.0 Å². The van der Waals surface area contributed by atoms with E-state index < -0.39 is 33.6 Å². The molecular formula is C14H11F5N2O3S. The molecule has 1 aromatic heterocycles. The fraction of sp³-hybridized carbons (Fsp3) is 0.357. The van der Waals surface area contributed by atoms with Crippen molar-refractivity contribution in [1.29, 1.82) is 0 Å². The Labute approximate surface area is 139 Å². The zero-order valence-electron chi connectivity index (χ0n) is 12.5. The van der Waals surface area contributed by atoms with E-state index in [9.17, 15) is 30.4 Å². The predicted molar refractivity (Wildman–Crippen MR) is 75.8 cm³/mol. The van der Waals surface area contributed by atoms with E-state index in [0.717, 1.165) is 12.1 Å². The van der Waals surface area contributed by atoms with Crippen LogP contribution >= 0.6 is 0 Å². The van der Waals surface area contributed by atoms with Crippen molar-refractivity contribution in [3.8, 4) is 11.3 Å². The third kappa shape index (κ3) is 3.66. The van der Waals surface area contributed by atoms with Gasteiger partial charge >= 0.3 is 6.18 Å². The monoisotopic (exact) mass is 382 g/mol. The summed E-state index contributed by atoms with van der Waals surface area (Å²) in [6.07, 6.45) is -4.83. The minimum Gasteiger partial charge on any atom is -0.360 e. The largest absolute Gasteiger partial charge is 0.404 e. The normalized spacial score (nSPS) is 16.0. The van der Waals surface area contributed by atoms with Gasteiger partial charge in [0.2, 0.25) is 10.0 Å². The Kier molecular flexibility index (Phi) is 4.31. The fourth-order valence-electron chi connectivity index (χ4n) is 2.59. The highest BCUT2D eigenvalue weighted by Crippen LogP contribution is 2.32. The quantitative estimate of drug-likeness (QED) is 0.766. The molecule has 0 bridgehead atoms. The van der Waals surface area contributed by atoms with Crippen molar-refractivity contribution in [3.05, 3.63) is 41.2 Å². The maximum absolute atomic E-state index is 13.4. The Morgan fingerprint density at radius 1 is 1.20 bits per heavy atom. The molecule has 0 saturated carbocycles. The second-order valence-corrected chi connectivity index (χ2v) is 7.49. The zero-order valence-corrected chi connectivity index (χ0v) is 13.3. The molecular weight excluding hydrogens is 371 g/mol. The number of halogens is 5. The van der Waals surface area contributed by atoms with E-state index in [4.69, 9.17) is 4.52 Å². The van der Waals surface area contributed by atoms with Gasteiger partial charge in [-0.1, -0.05) is 5.16 Å². The Balaban J connectivity index is 1.93. The number of sulfonamides is 1. The van der Waals surface area contributed by atoms with Crippen LogP contribution in [-0.2, 0) is 23.0 Å². The number of alkyl halides is 3. The third-order valence-electron chi connectivity index (χ3n) is 3.72. The van der Waals surface area contributed by atoms with Crippen LogP contribution < -0.4 is 0 Å². The van der Waals surface area contributed by atoms with Crippen LogP contribution in [0.2, 0.25) is 0 Å². The number of hydrogen-bond acceptors (Lipinski definition) is 4. The maximum atomic E-state index is 13.4. The van der Waals surface area contributed by atoms with Gasteiger partial charge in [0.15, 0.2) is 17.4 Å². The van der Waals surface area contributed by atoms with E-state index in [0.29, 0.717) is 10.1 Å². The molecule has 0 spiro atoms. The first-order valence-corrected chi connectivity index (χ1v) is 8.65. The topological polar surface area (TPSA) is 63.4 Å². The van der Waals surface area contributed by atoms with Crippen LogP contribution in [0.1, 0.15) is 11.3 Å². The molecule has 2 aromatic rings. The molecule has 1 aliphatic rings. The van der Waals surface area contributed by atoms with Crippen LogP contribution in [0, 0.1) is 11.6 Å². The first-order valence-electron chi connectivity index (χ1n) is 7.04. The molecule has 0 aliphatic carbocycles. The van der Waals surface area contributed by atoms with Crippen LogP contribution in [0.5, 0.6) is 0 Å². The molecule has 0 atom stereocenters. The summed E-state index contributed by atoms with van der Waals surface area (Å²) in [5.74, 6) is -3.87. The molecule has 0 amide bonds. The Hall–Kier alpha value is -2.01. The zero-order chi connectivity index (χ0) is 18.4. The minimum atomic E-state index is -4.86. The van der Waals surface area contributed by atoms with Gasteiger partial charge in [-0.15, -0.1) is 0 Å². The van der Waals surface area contributed by atoms with Crippen molar-refractivity contribution in [2.24, 2.45) is 0 Å². The molecule has 0 N–H and O–H groups in total. The summed E-state index contributed by atoms with van der Waals surface area (Å²) in [5.41, 5.74) is 0.447. The third-order valence-corrected chi connectivity index (χ3v) is 5.52. The molecule has 3 rings (SSSR count). The second-order valence-electron chi connectivity index (χ2n) is 5.52. The van der Waals surface area contributed by atoms with E-state index in [2.05, 4.69) is 5.16 Å². The van der Waals surface area contributed by atoms with Crippen LogP contribution in [0.15, 0.2) is 22.7 Å². The summed E-state index contributed by atoms with van der Waals surface area (Å²) in [5, 5.41) is 3.72. The summed E-state index contributed by atoms with van der Waals surface area (Å²) >= 11 is 0. The lowest BCUT2D eigenvalue weighted by Gasteiger charge is -2.26. The maximum Gasteiger partial charge on any atom is 0.404 e. The van der Waals surface area contributed by atoms with Crippen molar-refractivity contribution >= 4 is 10.0 Å². The highest BCUT2D eigenvalue weighted by atomic mass is 32.2. The van der Waals surface area contributed by atoms with Crippen molar-refractivity contribution in [3.63, 3.8) is 0 Å². The highest BCUT2D eigenvalue weighted by Gasteiger charge is 2.40. The van der Waals surface area contributed by atoms with Crippen molar-refractivity contribution in [2.75, 3.05) is 12.3 Å². The summed E-state index contributed by atoms with van der Waals surface area (Å²) < 4.78 is 93.4. The molecule has 5 nitrogen and oxygen atoms in total. The SMILES string of the molecule is O=S(=O)(CC(F)(F)F)N1CCc2onc(-c3ccc(F)c(F)c3)c2C1. The lowest BCUT2D eigenvalue weighted by molar-refractivity contribution is -0.107. The highest BCUT2D eigenvalue weighted by molar-refractivity contribution is 7.89. The van der Waals surface area contributed by atoms with Crippen molar-refractivity contribution < 1.29 is 34.9 Å². The molecule has 0 saturated heterocycles. The Morgan fingerprint density at radius 3 is 2.56 bits per heavy atom. The Morgan fingerprint density at radius 2 is 1.92 bits per heavy atom. The van der Waals surface area contributed by atoms with Crippen LogP contribution in [0.3, 0.4) is 0 Å². The van der Waals surface area contributed by atoms with Gasteiger partial charge in [0.05, 0.1) is 0 Å². The summed E-state index contributed by atoms with van der Waals surface area (Å²) in [6, 6.07) is 2.95. The summed E-state index contributed by atoms with van der Waals surface area (Å²) in [6.45, 7) is -0.566. The second kappa shape index (κ2) is 6.06. The summed E-state index contributed by atoms with van der Waals surface area (Å²) in [7, 11) is -4.57. The van der Waals surface area contributed by atoms with Gasteiger partial charge in [-0.3, -0.25) is 0 Å². The van der Waals surface area contributed by atoms with Gasteiger partial charge in [0.1, 0.15) is 11.5 Å². The minimum absolute atomic E-state index is 0.0309. The van der Waals surface area contributed by atoms with E-state index in [1.165, 1.54) is 6.07 Å². The number of fused-ring (bicyclic) bond motifs is 1. The van der Waals surface area contributed by atoms with Crippen LogP contribution in [-0.4, -0.2) is 36.4 Å². The summed E-state index contributed by atoms with van der Waals surface area (Å²) in [4.78, 5) is 0. The van der Waals surface area contributed by atoms with Gasteiger partial charge < -0.3 is 4.52 Å². The Bertz CT molecular complexity index is 908. The van der Waals surface area contributed by atoms with E-state index in [1.54, 1.807) is 0 Å². The van der Waals surface area contributed by atoms with Crippen molar-refractivity contribution in [2.45, 2.75) is 19.1 Å². The molecule has 25 heavy (non-hydrogen) atoms. The van der Waals surface area contributed by atoms with Crippen molar-refractivity contribution in [1.82, 2.24) is 9.46 Å². The van der Waals surface area contributed by atoms with E-state index >= 15 is 0 Å². The number of nitrogens with zero attached hydrogens (tertiary/aromatic N) is 2. The molecule has 136 valence electrons. The lowest BCUT2D eigenvalue weighted by Crippen LogP contribution is -2.40.